The third-order valence-corrected chi connectivity index (χ3v) is 4.22. The molecule has 124 valence electrons. The fourth-order valence-corrected chi connectivity index (χ4v) is 3.05. The zero-order valence-electron chi connectivity index (χ0n) is 13.5. The van der Waals surface area contributed by atoms with Crippen LogP contribution in [0.25, 0.3) is 0 Å². The quantitative estimate of drug-likeness (QED) is 0.858. The summed E-state index contributed by atoms with van der Waals surface area (Å²) in [6, 6.07) is 12.3. The van der Waals surface area contributed by atoms with Gasteiger partial charge in [-0.25, -0.2) is 0 Å². The summed E-state index contributed by atoms with van der Waals surface area (Å²) < 4.78 is 10.8. The molecule has 0 amide bonds. The van der Waals surface area contributed by atoms with Gasteiger partial charge in [-0.1, -0.05) is 0 Å². The summed E-state index contributed by atoms with van der Waals surface area (Å²) in [4.78, 5) is 2.39. The largest absolute Gasteiger partial charge is 0.497 e. The molecule has 5 nitrogen and oxygen atoms in total. The number of benzene rings is 1. The number of methoxy groups -OCH3 is 1. The van der Waals surface area contributed by atoms with Gasteiger partial charge in [-0.2, -0.15) is 0 Å². The van der Waals surface area contributed by atoms with Crippen LogP contribution in [0.4, 0.5) is 5.69 Å². The van der Waals surface area contributed by atoms with E-state index in [1.54, 1.807) is 7.11 Å². The van der Waals surface area contributed by atoms with Crippen molar-refractivity contribution in [3.63, 3.8) is 0 Å². The van der Waals surface area contributed by atoms with Crippen molar-refractivity contribution in [2.75, 3.05) is 25.5 Å². The monoisotopic (exact) mass is 316 g/mol. The van der Waals surface area contributed by atoms with E-state index in [2.05, 4.69) is 22.3 Å². The van der Waals surface area contributed by atoms with E-state index in [-0.39, 0.29) is 6.61 Å². The first-order chi connectivity index (χ1) is 11.3. The van der Waals surface area contributed by atoms with Crippen LogP contribution >= 0.6 is 0 Å². The molecule has 2 heterocycles. The van der Waals surface area contributed by atoms with E-state index in [4.69, 9.17) is 14.3 Å². The van der Waals surface area contributed by atoms with Crippen LogP contribution in [0.15, 0.2) is 40.8 Å². The molecule has 0 saturated carbocycles. The smallest absolute Gasteiger partial charge is 0.129 e. The number of hydrogen-bond acceptors (Lipinski definition) is 5. The summed E-state index contributed by atoms with van der Waals surface area (Å²) in [5.41, 5.74) is 1.12. The Morgan fingerprint density at radius 2 is 2.00 bits per heavy atom. The highest BCUT2D eigenvalue weighted by molar-refractivity contribution is 5.47. The first-order valence-corrected chi connectivity index (χ1v) is 8.08. The molecule has 1 aliphatic heterocycles. The van der Waals surface area contributed by atoms with Gasteiger partial charge in [0.1, 0.15) is 23.9 Å². The van der Waals surface area contributed by atoms with Crippen LogP contribution in [-0.2, 0) is 13.2 Å². The standard InChI is InChI=1S/C18H24N2O3/c1-22-16-6-4-14(5-7-16)19-15-3-2-10-20(11-15)12-17-8-9-18(13-21)23-17/h4-9,15,19,21H,2-3,10-13H2,1H3. The van der Waals surface area contributed by atoms with Gasteiger partial charge < -0.3 is 19.6 Å². The Bertz CT molecular complexity index is 609. The number of hydrogen-bond donors (Lipinski definition) is 2. The van der Waals surface area contributed by atoms with Crippen molar-refractivity contribution < 1.29 is 14.3 Å². The minimum absolute atomic E-state index is 0.0400. The molecule has 0 bridgehead atoms. The first-order valence-electron chi connectivity index (χ1n) is 8.08. The summed E-state index contributed by atoms with van der Waals surface area (Å²) in [6.45, 7) is 2.82. The predicted molar refractivity (Wildman–Crippen MR) is 89.5 cm³/mol. The van der Waals surface area contributed by atoms with Crippen molar-refractivity contribution >= 4 is 5.69 Å². The molecule has 1 saturated heterocycles. The molecule has 1 aliphatic rings. The summed E-state index contributed by atoms with van der Waals surface area (Å²) >= 11 is 0. The van der Waals surface area contributed by atoms with Crippen LogP contribution in [0, 0.1) is 0 Å². The second-order valence-electron chi connectivity index (χ2n) is 5.97. The molecule has 0 radical (unpaired) electrons. The second kappa shape index (κ2) is 7.53. The van der Waals surface area contributed by atoms with Crippen molar-refractivity contribution in [2.45, 2.75) is 32.0 Å². The van der Waals surface area contributed by atoms with Crippen LogP contribution in [0.3, 0.4) is 0 Å². The van der Waals surface area contributed by atoms with Gasteiger partial charge in [0.05, 0.1) is 13.7 Å². The number of nitrogens with one attached hydrogen (secondary N) is 1. The maximum absolute atomic E-state index is 9.07. The van der Waals surface area contributed by atoms with Gasteiger partial charge >= 0.3 is 0 Å². The van der Waals surface area contributed by atoms with Gasteiger partial charge in [0.25, 0.3) is 0 Å². The molecule has 3 rings (SSSR count). The van der Waals surface area contributed by atoms with Crippen molar-refractivity contribution in [2.24, 2.45) is 0 Å². The van der Waals surface area contributed by atoms with Crippen LogP contribution in [0.2, 0.25) is 0 Å². The zero-order valence-corrected chi connectivity index (χ0v) is 13.5. The molecule has 1 atom stereocenters. The van der Waals surface area contributed by atoms with Gasteiger partial charge in [0.15, 0.2) is 0 Å². The molecule has 2 aromatic rings. The third kappa shape index (κ3) is 4.27. The molecule has 0 aliphatic carbocycles. The van der Waals surface area contributed by atoms with Crippen LogP contribution < -0.4 is 10.1 Å². The van der Waals surface area contributed by atoms with Crippen molar-refractivity contribution in [3.8, 4) is 5.75 Å². The Hall–Kier alpha value is -1.98. The molecular formula is C18H24N2O3. The summed E-state index contributed by atoms with van der Waals surface area (Å²) in [5.74, 6) is 2.42. The molecule has 2 N–H and O–H groups in total. The maximum atomic E-state index is 9.07. The van der Waals surface area contributed by atoms with E-state index in [1.165, 1.54) is 12.8 Å². The molecule has 1 unspecified atom stereocenters. The number of nitrogens with zero attached hydrogens (tertiary/aromatic N) is 1. The topological polar surface area (TPSA) is 57.9 Å². The molecule has 1 aromatic carbocycles. The third-order valence-electron chi connectivity index (χ3n) is 4.22. The van der Waals surface area contributed by atoms with Crippen molar-refractivity contribution in [1.29, 1.82) is 0 Å². The Kier molecular flexibility index (Phi) is 5.20. The number of anilines is 1. The van der Waals surface area contributed by atoms with Crippen LogP contribution in [0.5, 0.6) is 5.75 Å². The lowest BCUT2D eigenvalue weighted by atomic mass is 10.1. The maximum Gasteiger partial charge on any atom is 0.129 e. The second-order valence-corrected chi connectivity index (χ2v) is 5.97. The Morgan fingerprint density at radius 3 is 2.70 bits per heavy atom. The van der Waals surface area contributed by atoms with Gasteiger partial charge in [-0.15, -0.1) is 0 Å². The normalized spacial score (nSPS) is 18.8. The molecular weight excluding hydrogens is 292 g/mol. The number of rotatable bonds is 6. The van der Waals surface area contributed by atoms with E-state index in [9.17, 15) is 0 Å². The summed E-state index contributed by atoms with van der Waals surface area (Å²) in [5, 5.41) is 12.7. The lowest BCUT2D eigenvalue weighted by Crippen LogP contribution is -2.41. The van der Waals surface area contributed by atoms with Crippen LogP contribution in [0.1, 0.15) is 24.4 Å². The summed E-state index contributed by atoms with van der Waals surface area (Å²) in [6.07, 6.45) is 2.34. The lowest BCUT2D eigenvalue weighted by Gasteiger charge is -2.33. The van der Waals surface area contributed by atoms with Gasteiger partial charge in [0.2, 0.25) is 0 Å². The van der Waals surface area contributed by atoms with Crippen molar-refractivity contribution in [1.82, 2.24) is 4.90 Å². The fraction of sp³-hybridized carbons (Fsp3) is 0.444. The van der Waals surface area contributed by atoms with E-state index in [1.807, 2.05) is 24.3 Å². The van der Waals surface area contributed by atoms with Gasteiger partial charge in [-0.05, 0) is 55.8 Å². The lowest BCUT2D eigenvalue weighted by molar-refractivity contribution is 0.186. The number of aliphatic hydroxyl groups is 1. The number of likely N-dealkylation sites (tertiary alicyclic amines) is 1. The zero-order chi connectivity index (χ0) is 16.1. The van der Waals surface area contributed by atoms with Crippen molar-refractivity contribution in [3.05, 3.63) is 47.9 Å². The molecule has 5 heteroatoms. The average molecular weight is 316 g/mol. The number of aliphatic hydroxyl groups excluding tert-OH is 1. The highest BCUT2D eigenvalue weighted by atomic mass is 16.5. The first kappa shape index (κ1) is 15.9. The van der Waals surface area contributed by atoms with E-state index in [0.29, 0.717) is 11.8 Å². The molecule has 23 heavy (non-hydrogen) atoms. The van der Waals surface area contributed by atoms with E-state index < -0.39 is 0 Å². The minimum atomic E-state index is -0.0400. The predicted octanol–water partition coefficient (Wildman–Crippen LogP) is 2.86. The number of furan rings is 1. The van der Waals surface area contributed by atoms with Gasteiger partial charge in [-0.3, -0.25) is 4.90 Å². The number of ether oxygens (including phenoxy) is 1. The molecule has 0 spiro atoms. The number of piperidine rings is 1. The highest BCUT2D eigenvalue weighted by Gasteiger charge is 2.20. The Labute approximate surface area is 136 Å². The highest BCUT2D eigenvalue weighted by Crippen LogP contribution is 2.20. The van der Waals surface area contributed by atoms with E-state index in [0.717, 1.165) is 36.8 Å². The Balaban J connectivity index is 1.54. The van der Waals surface area contributed by atoms with Gasteiger partial charge in [0, 0.05) is 18.3 Å². The molecule has 1 aromatic heterocycles. The Morgan fingerprint density at radius 1 is 1.22 bits per heavy atom. The minimum Gasteiger partial charge on any atom is -0.497 e. The van der Waals surface area contributed by atoms with E-state index >= 15 is 0 Å². The average Bonchev–Trinajstić information content (AvgIpc) is 3.03. The SMILES string of the molecule is COc1ccc(NC2CCCN(Cc3ccc(CO)o3)C2)cc1. The summed E-state index contributed by atoms with van der Waals surface area (Å²) in [7, 11) is 1.68. The fourth-order valence-electron chi connectivity index (χ4n) is 3.05. The van der Waals surface area contributed by atoms with Crippen LogP contribution in [-0.4, -0.2) is 36.2 Å². The molecule has 1 fully saturated rings.